The van der Waals surface area contributed by atoms with E-state index in [9.17, 15) is 9.59 Å². The van der Waals surface area contributed by atoms with Gasteiger partial charge >= 0.3 is 0 Å². The van der Waals surface area contributed by atoms with Crippen LogP contribution in [0.25, 0.3) is 10.8 Å². The summed E-state index contributed by atoms with van der Waals surface area (Å²) in [5.41, 5.74) is 3.40. The van der Waals surface area contributed by atoms with Gasteiger partial charge in [-0.3, -0.25) is 9.59 Å². The number of hydrogen-bond donors (Lipinski definition) is 1. The van der Waals surface area contributed by atoms with Gasteiger partial charge in [0.25, 0.3) is 0 Å². The standard InChI is InChI=1S/C28H27NO5/c1-32-24-13-18(14-25(33-2)28(24)34-3)17-11-22-27(23(30)12-17)21(15-26(31)29-22)20-10-6-8-16-7-4-5-9-19(16)20/h4-10,13-14,17,21H,11-12,15H2,1-3H3,(H,29,31). The topological polar surface area (TPSA) is 73.9 Å². The molecule has 3 aromatic rings. The van der Waals surface area contributed by atoms with E-state index in [4.69, 9.17) is 14.2 Å². The van der Waals surface area contributed by atoms with Gasteiger partial charge in [-0.25, -0.2) is 0 Å². The zero-order chi connectivity index (χ0) is 23.8. The molecule has 2 aliphatic rings. The summed E-state index contributed by atoms with van der Waals surface area (Å²) in [5, 5.41) is 5.19. The zero-order valence-corrected chi connectivity index (χ0v) is 19.5. The van der Waals surface area contributed by atoms with E-state index in [0.29, 0.717) is 30.1 Å². The van der Waals surface area contributed by atoms with Crippen LogP contribution in [0.5, 0.6) is 17.2 Å². The van der Waals surface area contributed by atoms with Crippen molar-refractivity contribution in [1.82, 2.24) is 5.32 Å². The molecular formula is C28H27NO5. The van der Waals surface area contributed by atoms with Crippen LogP contribution in [-0.4, -0.2) is 33.0 Å². The second-order valence-electron chi connectivity index (χ2n) is 8.75. The van der Waals surface area contributed by atoms with E-state index in [2.05, 4.69) is 23.5 Å². The summed E-state index contributed by atoms with van der Waals surface area (Å²) in [5.74, 6) is 1.26. The maximum Gasteiger partial charge on any atom is 0.225 e. The Morgan fingerprint density at radius 2 is 1.53 bits per heavy atom. The quantitative estimate of drug-likeness (QED) is 0.592. The second-order valence-corrected chi connectivity index (χ2v) is 8.75. The first-order valence-electron chi connectivity index (χ1n) is 11.4. The normalized spacial score (nSPS) is 20.1. The monoisotopic (exact) mass is 457 g/mol. The number of Topliss-reactive ketones (excluding diaryl/α,β-unsaturated/α-hetero) is 1. The third kappa shape index (κ3) is 3.69. The molecule has 34 heavy (non-hydrogen) atoms. The van der Waals surface area contributed by atoms with Gasteiger partial charge in [-0.2, -0.15) is 0 Å². The number of fused-ring (bicyclic) bond motifs is 1. The predicted octanol–water partition coefficient (Wildman–Crippen LogP) is 4.87. The molecule has 3 aromatic carbocycles. The maximum atomic E-state index is 13.6. The maximum absolute atomic E-state index is 13.6. The number of ketones is 1. The third-order valence-corrected chi connectivity index (χ3v) is 6.89. The molecule has 1 heterocycles. The van der Waals surface area contributed by atoms with Crippen molar-refractivity contribution >= 4 is 22.5 Å². The average Bonchev–Trinajstić information content (AvgIpc) is 2.86. The molecule has 1 aliphatic carbocycles. The minimum absolute atomic E-state index is 0.0602. The number of methoxy groups -OCH3 is 3. The van der Waals surface area contributed by atoms with Gasteiger partial charge < -0.3 is 19.5 Å². The fourth-order valence-electron chi connectivity index (χ4n) is 5.35. The van der Waals surface area contributed by atoms with Crippen molar-refractivity contribution in [2.75, 3.05) is 21.3 Å². The molecule has 6 nitrogen and oxygen atoms in total. The van der Waals surface area contributed by atoms with Crippen molar-refractivity contribution in [2.24, 2.45) is 0 Å². The largest absolute Gasteiger partial charge is 0.493 e. The lowest BCUT2D eigenvalue weighted by atomic mass is 9.73. The van der Waals surface area contributed by atoms with Gasteiger partial charge in [0.05, 0.1) is 21.3 Å². The fourth-order valence-corrected chi connectivity index (χ4v) is 5.35. The molecule has 6 heteroatoms. The Kier molecular flexibility index (Phi) is 5.74. The molecule has 0 radical (unpaired) electrons. The number of carbonyl (C=O) groups excluding carboxylic acids is 2. The van der Waals surface area contributed by atoms with E-state index in [1.807, 2.05) is 36.4 Å². The third-order valence-electron chi connectivity index (χ3n) is 6.89. The molecule has 2 atom stereocenters. The Labute approximate surface area is 198 Å². The van der Waals surface area contributed by atoms with E-state index in [1.54, 1.807) is 21.3 Å². The molecule has 0 spiro atoms. The number of hydrogen-bond acceptors (Lipinski definition) is 5. The molecule has 0 saturated heterocycles. The summed E-state index contributed by atoms with van der Waals surface area (Å²) in [4.78, 5) is 26.3. The summed E-state index contributed by atoms with van der Waals surface area (Å²) in [7, 11) is 4.71. The van der Waals surface area contributed by atoms with Crippen molar-refractivity contribution in [2.45, 2.75) is 31.1 Å². The first kappa shape index (κ1) is 22.0. The highest BCUT2D eigenvalue weighted by atomic mass is 16.5. The van der Waals surface area contributed by atoms with Crippen molar-refractivity contribution < 1.29 is 23.8 Å². The minimum atomic E-state index is -0.247. The molecule has 0 saturated carbocycles. The van der Waals surface area contributed by atoms with Crippen LogP contribution >= 0.6 is 0 Å². The Hall–Kier alpha value is -3.80. The zero-order valence-electron chi connectivity index (χ0n) is 19.5. The van der Waals surface area contributed by atoms with Crippen molar-refractivity contribution in [3.05, 3.63) is 77.0 Å². The van der Waals surface area contributed by atoms with E-state index >= 15 is 0 Å². The van der Waals surface area contributed by atoms with Gasteiger partial charge in [-0.1, -0.05) is 42.5 Å². The molecule has 2 unspecified atom stereocenters. The highest BCUT2D eigenvalue weighted by Crippen LogP contribution is 2.47. The van der Waals surface area contributed by atoms with E-state index in [0.717, 1.165) is 33.2 Å². The Morgan fingerprint density at radius 1 is 0.824 bits per heavy atom. The second kappa shape index (κ2) is 8.86. The molecule has 174 valence electrons. The smallest absolute Gasteiger partial charge is 0.225 e. The number of benzene rings is 3. The van der Waals surface area contributed by atoms with Crippen molar-refractivity contribution in [1.29, 1.82) is 0 Å². The van der Waals surface area contributed by atoms with Crippen LogP contribution in [0, 0.1) is 0 Å². The molecule has 1 N–H and O–H groups in total. The molecular weight excluding hydrogens is 430 g/mol. The van der Waals surface area contributed by atoms with Crippen molar-refractivity contribution in [3.63, 3.8) is 0 Å². The van der Waals surface area contributed by atoms with Gasteiger partial charge in [-0.05, 0) is 46.4 Å². The van der Waals surface area contributed by atoms with Gasteiger partial charge in [0.15, 0.2) is 17.3 Å². The van der Waals surface area contributed by atoms with Crippen LogP contribution in [0.4, 0.5) is 0 Å². The predicted molar refractivity (Wildman–Crippen MR) is 130 cm³/mol. The first-order valence-corrected chi connectivity index (χ1v) is 11.4. The van der Waals surface area contributed by atoms with Crippen molar-refractivity contribution in [3.8, 4) is 17.2 Å². The van der Waals surface area contributed by atoms with Crippen LogP contribution in [0.15, 0.2) is 65.9 Å². The summed E-state index contributed by atoms with van der Waals surface area (Å²) in [6.45, 7) is 0. The number of allylic oxidation sites excluding steroid dienone is 2. The number of carbonyl (C=O) groups is 2. The SMILES string of the molecule is COc1cc(C2CC(=O)C3=C(C2)NC(=O)CC3c2cccc3ccccc23)cc(OC)c1OC. The lowest BCUT2D eigenvalue weighted by Gasteiger charge is -2.35. The van der Waals surface area contributed by atoms with Crippen LogP contribution in [0.3, 0.4) is 0 Å². The van der Waals surface area contributed by atoms with Gasteiger partial charge in [0.1, 0.15) is 0 Å². The number of amides is 1. The summed E-state index contributed by atoms with van der Waals surface area (Å²) in [6, 6.07) is 18.0. The van der Waals surface area contributed by atoms with E-state index in [-0.39, 0.29) is 29.9 Å². The Bertz CT molecular complexity index is 1300. The van der Waals surface area contributed by atoms with Gasteiger partial charge in [-0.15, -0.1) is 0 Å². The molecule has 0 fully saturated rings. The van der Waals surface area contributed by atoms with E-state index in [1.165, 1.54) is 0 Å². The minimum Gasteiger partial charge on any atom is -0.493 e. The summed E-state index contributed by atoms with van der Waals surface area (Å²) < 4.78 is 16.4. The van der Waals surface area contributed by atoms with Gasteiger partial charge in [0.2, 0.25) is 11.7 Å². The highest BCUT2D eigenvalue weighted by Gasteiger charge is 2.39. The van der Waals surface area contributed by atoms with Crippen LogP contribution in [0.1, 0.15) is 42.2 Å². The Morgan fingerprint density at radius 3 is 2.24 bits per heavy atom. The van der Waals surface area contributed by atoms with Gasteiger partial charge in [0, 0.05) is 30.0 Å². The van der Waals surface area contributed by atoms with Crippen LogP contribution in [-0.2, 0) is 9.59 Å². The first-order chi connectivity index (χ1) is 16.5. The molecule has 0 aromatic heterocycles. The number of nitrogens with one attached hydrogen (secondary N) is 1. The Balaban J connectivity index is 1.57. The molecule has 0 bridgehead atoms. The number of ether oxygens (including phenoxy) is 3. The van der Waals surface area contributed by atoms with E-state index < -0.39 is 0 Å². The molecule has 1 aliphatic heterocycles. The average molecular weight is 458 g/mol. The molecule has 1 amide bonds. The summed E-state index contributed by atoms with van der Waals surface area (Å²) >= 11 is 0. The number of rotatable bonds is 5. The van der Waals surface area contributed by atoms with Crippen LogP contribution in [0.2, 0.25) is 0 Å². The molecule has 5 rings (SSSR count). The fraction of sp³-hybridized carbons (Fsp3) is 0.286. The van der Waals surface area contributed by atoms with Crippen LogP contribution < -0.4 is 19.5 Å². The highest BCUT2D eigenvalue weighted by molar-refractivity contribution is 6.03. The lowest BCUT2D eigenvalue weighted by Crippen LogP contribution is -2.38. The summed E-state index contributed by atoms with van der Waals surface area (Å²) in [6.07, 6.45) is 1.19. The lowest BCUT2D eigenvalue weighted by molar-refractivity contribution is -0.122.